The molecule has 0 radical (unpaired) electrons. The number of rotatable bonds is 4. The van der Waals surface area contributed by atoms with Gasteiger partial charge in [0.25, 0.3) is 5.91 Å². The number of aryl methyl sites for hydroxylation is 1. The van der Waals surface area contributed by atoms with E-state index in [-0.39, 0.29) is 11.8 Å². The van der Waals surface area contributed by atoms with Gasteiger partial charge in [0, 0.05) is 11.3 Å². The van der Waals surface area contributed by atoms with E-state index in [0.29, 0.717) is 5.56 Å². The summed E-state index contributed by atoms with van der Waals surface area (Å²) in [5.74, 6) is -0.443. The zero-order valence-corrected chi connectivity index (χ0v) is 13.1. The first-order chi connectivity index (χ1) is 11.1. The highest BCUT2D eigenvalue weighted by atomic mass is 16.2. The maximum absolute atomic E-state index is 12.4. The van der Waals surface area contributed by atoms with E-state index in [9.17, 15) is 9.59 Å². The Hall–Kier alpha value is -2.62. The van der Waals surface area contributed by atoms with Crippen LogP contribution in [0, 0.1) is 0 Å². The van der Waals surface area contributed by atoms with Crippen LogP contribution in [0.4, 0.5) is 5.69 Å². The van der Waals surface area contributed by atoms with E-state index in [2.05, 4.69) is 16.7 Å². The molecule has 0 aliphatic heterocycles. The second kappa shape index (κ2) is 6.65. The molecule has 0 saturated carbocycles. The van der Waals surface area contributed by atoms with Gasteiger partial charge in [0.2, 0.25) is 5.91 Å². The van der Waals surface area contributed by atoms with Gasteiger partial charge >= 0.3 is 0 Å². The molecule has 0 heterocycles. The van der Waals surface area contributed by atoms with Crippen molar-refractivity contribution in [2.75, 3.05) is 5.32 Å². The van der Waals surface area contributed by atoms with Crippen LogP contribution in [0.25, 0.3) is 0 Å². The van der Waals surface area contributed by atoms with Gasteiger partial charge in [-0.05, 0) is 55.5 Å². The lowest BCUT2D eigenvalue weighted by atomic mass is 10.1. The Kier molecular flexibility index (Phi) is 4.42. The standard InChI is InChI=1S/C19H20N2O2/c1-13(20-19(23)15-7-3-2-4-8-15)18(22)21-17-12-6-10-14-9-5-11-16(14)17/h2-4,6-8,10,12-13H,5,9,11H2,1H3,(H,20,23)(H,21,22). The van der Waals surface area contributed by atoms with E-state index in [0.717, 1.165) is 24.9 Å². The molecule has 0 aromatic heterocycles. The van der Waals surface area contributed by atoms with Crippen molar-refractivity contribution in [1.29, 1.82) is 0 Å². The van der Waals surface area contributed by atoms with Crippen molar-refractivity contribution in [1.82, 2.24) is 5.32 Å². The van der Waals surface area contributed by atoms with Crippen LogP contribution >= 0.6 is 0 Å². The van der Waals surface area contributed by atoms with Gasteiger partial charge in [-0.15, -0.1) is 0 Å². The molecule has 1 unspecified atom stereocenters. The second-order valence-electron chi connectivity index (χ2n) is 5.85. The Bertz CT molecular complexity index is 725. The molecule has 3 rings (SSSR count). The van der Waals surface area contributed by atoms with Gasteiger partial charge in [0.15, 0.2) is 0 Å². The lowest BCUT2D eigenvalue weighted by Crippen LogP contribution is -2.41. The Balaban J connectivity index is 1.65. The van der Waals surface area contributed by atoms with Gasteiger partial charge in [-0.3, -0.25) is 9.59 Å². The van der Waals surface area contributed by atoms with Gasteiger partial charge in [-0.1, -0.05) is 30.3 Å². The van der Waals surface area contributed by atoms with E-state index in [1.807, 2.05) is 18.2 Å². The molecule has 0 bridgehead atoms. The second-order valence-corrected chi connectivity index (χ2v) is 5.85. The van der Waals surface area contributed by atoms with Gasteiger partial charge in [-0.2, -0.15) is 0 Å². The number of anilines is 1. The fourth-order valence-electron chi connectivity index (χ4n) is 2.91. The minimum Gasteiger partial charge on any atom is -0.341 e. The summed E-state index contributed by atoms with van der Waals surface area (Å²) in [6.45, 7) is 1.69. The summed E-state index contributed by atoms with van der Waals surface area (Å²) in [7, 11) is 0. The van der Waals surface area contributed by atoms with Crippen molar-refractivity contribution in [3.63, 3.8) is 0 Å². The minimum absolute atomic E-state index is 0.199. The number of hydrogen-bond acceptors (Lipinski definition) is 2. The zero-order valence-electron chi connectivity index (χ0n) is 13.1. The summed E-state index contributed by atoms with van der Waals surface area (Å²) < 4.78 is 0. The number of amides is 2. The molecular formula is C19H20N2O2. The minimum atomic E-state index is -0.597. The Labute approximate surface area is 135 Å². The largest absolute Gasteiger partial charge is 0.341 e. The fourth-order valence-corrected chi connectivity index (χ4v) is 2.91. The monoisotopic (exact) mass is 308 g/mol. The average molecular weight is 308 g/mol. The zero-order chi connectivity index (χ0) is 16.2. The predicted molar refractivity (Wildman–Crippen MR) is 90.5 cm³/mol. The topological polar surface area (TPSA) is 58.2 Å². The third kappa shape index (κ3) is 3.42. The van der Waals surface area contributed by atoms with E-state index >= 15 is 0 Å². The van der Waals surface area contributed by atoms with E-state index in [1.54, 1.807) is 31.2 Å². The first-order valence-electron chi connectivity index (χ1n) is 7.92. The number of carbonyl (C=O) groups excluding carboxylic acids is 2. The number of hydrogen-bond donors (Lipinski definition) is 2. The van der Waals surface area contributed by atoms with Gasteiger partial charge in [0.1, 0.15) is 6.04 Å². The molecule has 2 aromatic rings. The molecule has 23 heavy (non-hydrogen) atoms. The number of benzene rings is 2. The quantitative estimate of drug-likeness (QED) is 0.912. The van der Waals surface area contributed by atoms with Crippen molar-refractivity contribution in [3.05, 3.63) is 65.2 Å². The van der Waals surface area contributed by atoms with Crippen LogP contribution in [0.15, 0.2) is 48.5 Å². The van der Waals surface area contributed by atoms with Crippen LogP contribution in [-0.4, -0.2) is 17.9 Å². The maximum atomic E-state index is 12.4. The highest BCUT2D eigenvalue weighted by molar-refractivity contribution is 6.01. The maximum Gasteiger partial charge on any atom is 0.251 e. The first-order valence-corrected chi connectivity index (χ1v) is 7.92. The normalized spacial score (nSPS) is 14.0. The van der Waals surface area contributed by atoms with Crippen LogP contribution in [0.3, 0.4) is 0 Å². The molecule has 1 aliphatic carbocycles. The molecule has 2 N–H and O–H groups in total. The molecule has 1 aliphatic rings. The van der Waals surface area contributed by atoms with Gasteiger partial charge in [0.05, 0.1) is 0 Å². The summed E-state index contributed by atoms with van der Waals surface area (Å²) >= 11 is 0. The van der Waals surface area contributed by atoms with Gasteiger partial charge in [-0.25, -0.2) is 0 Å². The van der Waals surface area contributed by atoms with Crippen LogP contribution in [-0.2, 0) is 17.6 Å². The average Bonchev–Trinajstić information content (AvgIpc) is 3.05. The summed E-state index contributed by atoms with van der Waals surface area (Å²) in [6.07, 6.45) is 3.19. The van der Waals surface area contributed by atoms with Crippen molar-refractivity contribution in [2.45, 2.75) is 32.2 Å². The van der Waals surface area contributed by atoms with Gasteiger partial charge < -0.3 is 10.6 Å². The van der Waals surface area contributed by atoms with Crippen molar-refractivity contribution >= 4 is 17.5 Å². The van der Waals surface area contributed by atoms with Crippen LogP contribution in [0.5, 0.6) is 0 Å². The Morgan fingerprint density at radius 1 is 1.00 bits per heavy atom. The lowest BCUT2D eigenvalue weighted by molar-refractivity contribution is -0.117. The summed E-state index contributed by atoms with van der Waals surface area (Å²) in [5, 5.41) is 5.68. The number of nitrogens with one attached hydrogen (secondary N) is 2. The van der Waals surface area contributed by atoms with Crippen molar-refractivity contribution in [2.24, 2.45) is 0 Å². The molecule has 4 nitrogen and oxygen atoms in total. The highest BCUT2D eigenvalue weighted by Crippen LogP contribution is 2.28. The molecular weight excluding hydrogens is 288 g/mol. The SMILES string of the molecule is CC(NC(=O)c1ccccc1)C(=O)Nc1cccc2c1CCC2. The van der Waals surface area contributed by atoms with E-state index in [1.165, 1.54) is 11.1 Å². The molecule has 0 fully saturated rings. The van der Waals surface area contributed by atoms with E-state index < -0.39 is 6.04 Å². The number of carbonyl (C=O) groups is 2. The molecule has 4 heteroatoms. The van der Waals surface area contributed by atoms with Crippen LogP contribution in [0.2, 0.25) is 0 Å². The molecule has 1 atom stereocenters. The van der Waals surface area contributed by atoms with Crippen LogP contribution < -0.4 is 10.6 Å². The summed E-state index contributed by atoms with van der Waals surface area (Å²) in [4.78, 5) is 24.5. The predicted octanol–water partition coefficient (Wildman–Crippen LogP) is 2.93. The first kappa shape index (κ1) is 15.3. The fraction of sp³-hybridized carbons (Fsp3) is 0.263. The molecule has 2 amide bonds. The number of fused-ring (bicyclic) bond motifs is 1. The summed E-state index contributed by atoms with van der Waals surface area (Å²) in [6, 6.07) is 14.3. The Morgan fingerprint density at radius 2 is 1.78 bits per heavy atom. The Morgan fingerprint density at radius 3 is 2.57 bits per heavy atom. The third-order valence-corrected chi connectivity index (χ3v) is 4.18. The smallest absolute Gasteiger partial charge is 0.251 e. The molecule has 118 valence electrons. The van der Waals surface area contributed by atoms with Crippen LogP contribution in [0.1, 0.15) is 34.8 Å². The molecule has 2 aromatic carbocycles. The highest BCUT2D eigenvalue weighted by Gasteiger charge is 2.20. The third-order valence-electron chi connectivity index (χ3n) is 4.18. The van der Waals surface area contributed by atoms with E-state index in [4.69, 9.17) is 0 Å². The summed E-state index contributed by atoms with van der Waals surface area (Å²) in [5.41, 5.74) is 3.95. The van der Waals surface area contributed by atoms with Crippen molar-refractivity contribution in [3.8, 4) is 0 Å². The lowest BCUT2D eigenvalue weighted by Gasteiger charge is -2.16. The molecule has 0 spiro atoms. The van der Waals surface area contributed by atoms with Crippen molar-refractivity contribution < 1.29 is 9.59 Å². The molecule has 0 saturated heterocycles.